The van der Waals surface area contributed by atoms with Gasteiger partial charge in [0.05, 0.1) is 11.4 Å². The molecule has 2 heterocycles. The van der Waals surface area contributed by atoms with E-state index in [1.54, 1.807) is 12.4 Å². The SMILES string of the molecule is CCN(CC)C(=S)c1cc(-c2ccnc(Nc3cccc(Cl)c3)n2)ccn1. The fourth-order valence-corrected chi connectivity index (χ4v) is 3.21. The van der Waals surface area contributed by atoms with Crippen LogP contribution in [0.5, 0.6) is 0 Å². The lowest BCUT2D eigenvalue weighted by Crippen LogP contribution is -2.30. The fraction of sp³-hybridized carbons (Fsp3) is 0.200. The van der Waals surface area contributed by atoms with E-state index in [9.17, 15) is 0 Å². The zero-order valence-electron chi connectivity index (χ0n) is 15.2. The summed E-state index contributed by atoms with van der Waals surface area (Å²) in [5, 5.41) is 3.83. The minimum atomic E-state index is 0.499. The molecule has 0 aliphatic heterocycles. The van der Waals surface area contributed by atoms with Crippen LogP contribution in [-0.2, 0) is 0 Å². The quantitative estimate of drug-likeness (QED) is 0.594. The van der Waals surface area contributed by atoms with E-state index in [4.69, 9.17) is 23.8 Å². The van der Waals surface area contributed by atoms with Gasteiger partial charge < -0.3 is 10.2 Å². The highest BCUT2D eigenvalue weighted by Gasteiger charge is 2.11. The van der Waals surface area contributed by atoms with Crippen LogP contribution in [0, 0.1) is 0 Å². The molecule has 0 saturated heterocycles. The van der Waals surface area contributed by atoms with Gasteiger partial charge in [-0.15, -0.1) is 0 Å². The lowest BCUT2D eigenvalue weighted by molar-refractivity contribution is 0.473. The summed E-state index contributed by atoms with van der Waals surface area (Å²) in [6.07, 6.45) is 3.48. The van der Waals surface area contributed by atoms with Crippen molar-refractivity contribution in [1.29, 1.82) is 0 Å². The molecule has 5 nitrogen and oxygen atoms in total. The molecule has 0 amide bonds. The maximum Gasteiger partial charge on any atom is 0.227 e. The second-order valence-electron chi connectivity index (χ2n) is 5.81. The van der Waals surface area contributed by atoms with Crippen LogP contribution in [0.4, 0.5) is 11.6 Å². The van der Waals surface area contributed by atoms with Gasteiger partial charge in [0.2, 0.25) is 5.95 Å². The van der Waals surface area contributed by atoms with Crippen molar-refractivity contribution in [3.05, 3.63) is 65.6 Å². The summed E-state index contributed by atoms with van der Waals surface area (Å²) < 4.78 is 0. The standard InChI is InChI=1S/C20H20ClN5S/c1-3-26(4-2)19(27)18-12-14(8-10-22-18)17-9-11-23-20(25-17)24-16-7-5-6-15(21)13-16/h5-13H,3-4H2,1-2H3,(H,23,24,25). The Labute approximate surface area is 169 Å². The van der Waals surface area contributed by atoms with Crippen molar-refractivity contribution in [1.82, 2.24) is 19.9 Å². The predicted molar refractivity (Wildman–Crippen MR) is 115 cm³/mol. The van der Waals surface area contributed by atoms with Crippen LogP contribution < -0.4 is 5.32 Å². The molecule has 3 rings (SSSR count). The third-order valence-corrected chi connectivity index (χ3v) is 4.76. The van der Waals surface area contributed by atoms with E-state index in [-0.39, 0.29) is 0 Å². The Hall–Kier alpha value is -2.57. The van der Waals surface area contributed by atoms with E-state index in [1.807, 2.05) is 42.5 Å². The van der Waals surface area contributed by atoms with Crippen molar-refractivity contribution in [2.75, 3.05) is 18.4 Å². The van der Waals surface area contributed by atoms with E-state index < -0.39 is 0 Å². The zero-order chi connectivity index (χ0) is 19.2. The maximum atomic E-state index is 6.03. The number of halogens is 1. The number of nitrogens with zero attached hydrogens (tertiary/aromatic N) is 4. The van der Waals surface area contributed by atoms with E-state index >= 15 is 0 Å². The molecule has 0 atom stereocenters. The maximum absolute atomic E-state index is 6.03. The number of aromatic nitrogens is 3. The first-order valence-corrected chi connectivity index (χ1v) is 9.50. The number of pyridine rings is 1. The third-order valence-electron chi connectivity index (χ3n) is 4.06. The largest absolute Gasteiger partial charge is 0.362 e. The van der Waals surface area contributed by atoms with Crippen LogP contribution in [-0.4, -0.2) is 37.9 Å². The molecular weight excluding hydrogens is 378 g/mol. The van der Waals surface area contributed by atoms with E-state index in [0.717, 1.165) is 40.7 Å². The van der Waals surface area contributed by atoms with Gasteiger partial charge >= 0.3 is 0 Å². The first-order chi connectivity index (χ1) is 13.1. The predicted octanol–water partition coefficient (Wildman–Crippen LogP) is 4.95. The van der Waals surface area contributed by atoms with Gasteiger partial charge in [-0.2, -0.15) is 0 Å². The molecule has 0 fully saturated rings. The Morgan fingerprint density at radius 1 is 1.07 bits per heavy atom. The normalized spacial score (nSPS) is 10.5. The minimum absolute atomic E-state index is 0.499. The molecular formula is C20H20ClN5S. The molecule has 0 saturated carbocycles. The van der Waals surface area contributed by atoms with Crippen molar-refractivity contribution < 1.29 is 0 Å². The summed E-state index contributed by atoms with van der Waals surface area (Å²) in [7, 11) is 0. The highest BCUT2D eigenvalue weighted by atomic mass is 35.5. The third kappa shape index (κ3) is 4.78. The van der Waals surface area contributed by atoms with Gasteiger partial charge in [0.15, 0.2) is 0 Å². The Balaban J connectivity index is 1.87. The summed E-state index contributed by atoms with van der Waals surface area (Å²) in [6, 6.07) is 13.2. The van der Waals surface area contributed by atoms with E-state index in [2.05, 4.69) is 39.0 Å². The van der Waals surface area contributed by atoms with Gasteiger partial charge in [0, 0.05) is 41.8 Å². The lowest BCUT2D eigenvalue weighted by atomic mass is 10.1. The van der Waals surface area contributed by atoms with Crippen molar-refractivity contribution in [2.45, 2.75) is 13.8 Å². The summed E-state index contributed by atoms with van der Waals surface area (Å²) in [6.45, 7) is 5.86. The van der Waals surface area contributed by atoms with E-state index in [1.165, 1.54) is 0 Å². The van der Waals surface area contributed by atoms with Crippen molar-refractivity contribution in [3.8, 4) is 11.3 Å². The second kappa shape index (κ2) is 8.88. The number of benzene rings is 1. The van der Waals surface area contributed by atoms with Crippen molar-refractivity contribution in [3.63, 3.8) is 0 Å². The molecule has 0 spiro atoms. The number of hydrogen-bond donors (Lipinski definition) is 1. The van der Waals surface area contributed by atoms with Gasteiger partial charge in [-0.25, -0.2) is 9.97 Å². The van der Waals surface area contributed by atoms with Crippen LogP contribution in [0.25, 0.3) is 11.3 Å². The smallest absolute Gasteiger partial charge is 0.227 e. The van der Waals surface area contributed by atoms with Crippen LogP contribution in [0.2, 0.25) is 5.02 Å². The molecule has 0 aliphatic rings. The Morgan fingerprint density at radius 2 is 1.85 bits per heavy atom. The summed E-state index contributed by atoms with van der Waals surface area (Å²) in [5.74, 6) is 0.499. The minimum Gasteiger partial charge on any atom is -0.362 e. The lowest BCUT2D eigenvalue weighted by Gasteiger charge is -2.21. The molecule has 2 aromatic heterocycles. The Bertz CT molecular complexity index is 943. The molecule has 1 N–H and O–H groups in total. The van der Waals surface area contributed by atoms with Gasteiger partial charge in [-0.1, -0.05) is 29.9 Å². The van der Waals surface area contributed by atoms with E-state index in [0.29, 0.717) is 11.0 Å². The zero-order valence-corrected chi connectivity index (χ0v) is 16.8. The van der Waals surface area contributed by atoms with Crippen molar-refractivity contribution >= 4 is 40.4 Å². The highest BCUT2D eigenvalue weighted by molar-refractivity contribution is 7.80. The summed E-state index contributed by atoms with van der Waals surface area (Å²) in [4.78, 5) is 16.2. The molecule has 0 radical (unpaired) electrons. The molecule has 0 unspecified atom stereocenters. The summed E-state index contributed by atoms with van der Waals surface area (Å²) >= 11 is 11.6. The molecule has 138 valence electrons. The fourth-order valence-electron chi connectivity index (χ4n) is 2.65. The number of anilines is 2. The summed E-state index contributed by atoms with van der Waals surface area (Å²) in [5.41, 5.74) is 3.33. The number of thiocarbonyl (C=S) groups is 1. The van der Waals surface area contributed by atoms with Crippen LogP contribution in [0.15, 0.2) is 54.9 Å². The molecule has 3 aromatic rings. The topological polar surface area (TPSA) is 53.9 Å². The average molecular weight is 398 g/mol. The molecule has 1 aromatic carbocycles. The van der Waals surface area contributed by atoms with Crippen LogP contribution >= 0.6 is 23.8 Å². The number of rotatable bonds is 6. The molecule has 7 heteroatoms. The first-order valence-electron chi connectivity index (χ1n) is 8.72. The van der Waals surface area contributed by atoms with Gasteiger partial charge in [-0.3, -0.25) is 4.98 Å². The monoisotopic (exact) mass is 397 g/mol. The van der Waals surface area contributed by atoms with Crippen molar-refractivity contribution in [2.24, 2.45) is 0 Å². The van der Waals surface area contributed by atoms with Gasteiger partial charge in [0.25, 0.3) is 0 Å². The molecule has 0 bridgehead atoms. The number of hydrogen-bond acceptors (Lipinski definition) is 5. The molecule has 0 aliphatic carbocycles. The van der Waals surface area contributed by atoms with Gasteiger partial charge in [0.1, 0.15) is 4.99 Å². The first kappa shape index (κ1) is 19.2. The highest BCUT2D eigenvalue weighted by Crippen LogP contribution is 2.22. The Kier molecular flexibility index (Phi) is 6.32. The second-order valence-corrected chi connectivity index (χ2v) is 6.63. The molecule has 27 heavy (non-hydrogen) atoms. The number of nitrogens with one attached hydrogen (secondary N) is 1. The van der Waals surface area contributed by atoms with Crippen LogP contribution in [0.3, 0.4) is 0 Å². The van der Waals surface area contributed by atoms with Crippen LogP contribution in [0.1, 0.15) is 19.5 Å². The Morgan fingerprint density at radius 3 is 2.59 bits per heavy atom. The average Bonchev–Trinajstić information content (AvgIpc) is 2.69. The van der Waals surface area contributed by atoms with Gasteiger partial charge in [-0.05, 0) is 50.2 Å².